The quantitative estimate of drug-likeness (QED) is 0.506. The highest BCUT2D eigenvalue weighted by Gasteiger charge is 2.23. The van der Waals surface area contributed by atoms with Gasteiger partial charge in [0, 0.05) is 0 Å². The zero-order chi connectivity index (χ0) is 10.3. The maximum atomic E-state index is 10.7. The summed E-state index contributed by atoms with van der Waals surface area (Å²) in [5, 5.41) is 10.7. The van der Waals surface area contributed by atoms with Gasteiger partial charge in [-0.2, -0.15) is 12.6 Å². The average molecular weight is 203 g/mol. The first-order valence-corrected chi connectivity index (χ1v) is 5.45. The fourth-order valence-electron chi connectivity index (χ4n) is 1.27. The second kappa shape index (κ2) is 6.30. The SMILES string of the molecule is CCCCCCC(S)(CC)C(=O)[O-]. The smallest absolute Gasteiger partial charge is 0.0572 e. The molecule has 0 radical (unpaired) electrons. The van der Waals surface area contributed by atoms with Gasteiger partial charge in [0.05, 0.1) is 10.7 Å². The Morgan fingerprint density at radius 1 is 1.31 bits per heavy atom. The van der Waals surface area contributed by atoms with Gasteiger partial charge in [0.15, 0.2) is 0 Å². The Morgan fingerprint density at radius 2 is 1.92 bits per heavy atom. The Hall–Kier alpha value is -0.180. The van der Waals surface area contributed by atoms with E-state index in [-0.39, 0.29) is 0 Å². The van der Waals surface area contributed by atoms with E-state index in [1.54, 1.807) is 0 Å². The summed E-state index contributed by atoms with van der Waals surface area (Å²) in [6, 6.07) is 0. The third-order valence-electron chi connectivity index (χ3n) is 2.41. The van der Waals surface area contributed by atoms with Crippen LogP contribution in [0.4, 0.5) is 0 Å². The Labute approximate surface area is 86.1 Å². The van der Waals surface area contributed by atoms with E-state index in [4.69, 9.17) is 0 Å². The van der Waals surface area contributed by atoms with Crippen LogP contribution in [-0.2, 0) is 4.79 Å². The highest BCUT2D eigenvalue weighted by atomic mass is 32.1. The van der Waals surface area contributed by atoms with Crippen LogP contribution in [0.3, 0.4) is 0 Å². The normalized spacial score (nSPS) is 15.3. The summed E-state index contributed by atoms with van der Waals surface area (Å²) in [6.07, 6.45) is 5.50. The monoisotopic (exact) mass is 203 g/mol. The molecule has 0 bridgehead atoms. The Bertz CT molecular complexity index is 159. The average Bonchev–Trinajstić information content (AvgIpc) is 2.12. The molecule has 0 rings (SSSR count). The van der Waals surface area contributed by atoms with E-state index in [0.717, 1.165) is 19.3 Å². The minimum atomic E-state index is -1.03. The highest BCUT2D eigenvalue weighted by molar-refractivity contribution is 7.82. The molecule has 0 amide bonds. The number of thiol groups is 1. The molecule has 0 saturated carbocycles. The Morgan fingerprint density at radius 3 is 2.31 bits per heavy atom. The van der Waals surface area contributed by atoms with Gasteiger partial charge < -0.3 is 9.90 Å². The predicted molar refractivity (Wildman–Crippen MR) is 55.8 cm³/mol. The van der Waals surface area contributed by atoms with Crippen molar-refractivity contribution in [3.8, 4) is 0 Å². The number of carbonyl (C=O) groups excluding carboxylic acids is 1. The largest absolute Gasteiger partial charge is 0.549 e. The molecule has 1 unspecified atom stereocenters. The van der Waals surface area contributed by atoms with Crippen molar-refractivity contribution in [2.24, 2.45) is 0 Å². The van der Waals surface area contributed by atoms with Gasteiger partial charge in [0.25, 0.3) is 0 Å². The van der Waals surface area contributed by atoms with Gasteiger partial charge in [-0.15, -0.1) is 0 Å². The van der Waals surface area contributed by atoms with Crippen LogP contribution in [0.25, 0.3) is 0 Å². The van der Waals surface area contributed by atoms with Crippen LogP contribution in [0.2, 0.25) is 0 Å². The number of unbranched alkanes of at least 4 members (excludes halogenated alkanes) is 3. The van der Waals surface area contributed by atoms with Crippen molar-refractivity contribution in [2.45, 2.75) is 57.1 Å². The second-order valence-corrected chi connectivity index (χ2v) is 4.34. The molecule has 78 valence electrons. The van der Waals surface area contributed by atoms with Crippen LogP contribution in [-0.4, -0.2) is 10.7 Å². The fraction of sp³-hybridized carbons (Fsp3) is 0.900. The van der Waals surface area contributed by atoms with Crippen molar-refractivity contribution in [3.63, 3.8) is 0 Å². The van der Waals surface area contributed by atoms with Gasteiger partial charge in [-0.05, 0) is 12.8 Å². The summed E-state index contributed by atoms with van der Waals surface area (Å²) in [7, 11) is 0. The summed E-state index contributed by atoms with van der Waals surface area (Å²) in [6.45, 7) is 3.97. The molecule has 3 heteroatoms. The van der Waals surface area contributed by atoms with Crippen molar-refractivity contribution in [1.29, 1.82) is 0 Å². The van der Waals surface area contributed by atoms with E-state index in [0.29, 0.717) is 12.8 Å². The zero-order valence-corrected chi connectivity index (χ0v) is 9.40. The second-order valence-electron chi connectivity index (χ2n) is 3.48. The summed E-state index contributed by atoms with van der Waals surface area (Å²) in [4.78, 5) is 10.7. The molecule has 0 aliphatic carbocycles. The first-order valence-electron chi connectivity index (χ1n) is 5.00. The lowest BCUT2D eigenvalue weighted by Gasteiger charge is -2.28. The fourth-order valence-corrected chi connectivity index (χ4v) is 1.43. The molecule has 13 heavy (non-hydrogen) atoms. The first-order chi connectivity index (χ1) is 6.06. The number of rotatable bonds is 7. The van der Waals surface area contributed by atoms with Crippen molar-refractivity contribution >= 4 is 18.6 Å². The molecule has 0 aliphatic heterocycles. The van der Waals surface area contributed by atoms with Crippen molar-refractivity contribution in [1.82, 2.24) is 0 Å². The summed E-state index contributed by atoms with van der Waals surface area (Å²) >= 11 is 4.15. The van der Waals surface area contributed by atoms with E-state index in [9.17, 15) is 9.90 Å². The molecular weight excluding hydrogens is 184 g/mol. The van der Waals surface area contributed by atoms with Gasteiger partial charge in [0.2, 0.25) is 0 Å². The van der Waals surface area contributed by atoms with Crippen LogP contribution < -0.4 is 5.11 Å². The summed E-state index contributed by atoms with van der Waals surface area (Å²) in [5.41, 5.74) is 0. The number of carboxylic acids is 1. The molecule has 0 spiro atoms. The Balaban J connectivity index is 3.78. The number of hydrogen-bond donors (Lipinski definition) is 1. The number of carboxylic acid groups (broad SMARTS) is 1. The minimum absolute atomic E-state index is 0.532. The maximum Gasteiger partial charge on any atom is 0.0572 e. The highest BCUT2D eigenvalue weighted by Crippen LogP contribution is 2.25. The third-order valence-corrected chi connectivity index (χ3v) is 3.13. The zero-order valence-electron chi connectivity index (χ0n) is 8.51. The molecule has 0 N–H and O–H groups in total. The molecule has 0 aromatic heterocycles. The number of hydrogen-bond acceptors (Lipinski definition) is 3. The first kappa shape index (κ1) is 12.8. The lowest BCUT2D eigenvalue weighted by Crippen LogP contribution is -2.43. The lowest BCUT2D eigenvalue weighted by atomic mass is 9.97. The van der Waals surface area contributed by atoms with Crippen molar-refractivity contribution in [3.05, 3.63) is 0 Å². The standard InChI is InChI=1S/C10H20O2S/c1-3-5-6-7-8-10(13,4-2)9(11)12/h13H,3-8H2,1-2H3,(H,11,12)/p-1. The third kappa shape index (κ3) is 4.55. The van der Waals surface area contributed by atoms with E-state index in [1.807, 2.05) is 6.92 Å². The molecule has 0 heterocycles. The van der Waals surface area contributed by atoms with Gasteiger partial charge in [-0.25, -0.2) is 0 Å². The molecule has 0 saturated heterocycles. The van der Waals surface area contributed by atoms with E-state index in [2.05, 4.69) is 19.6 Å². The molecule has 0 aliphatic rings. The molecule has 1 atom stereocenters. The summed E-state index contributed by atoms with van der Waals surface area (Å²) < 4.78 is -0.909. The van der Waals surface area contributed by atoms with Crippen LogP contribution in [0, 0.1) is 0 Å². The molecule has 2 nitrogen and oxygen atoms in total. The maximum absolute atomic E-state index is 10.7. The molecule has 0 aromatic carbocycles. The lowest BCUT2D eigenvalue weighted by molar-refractivity contribution is -0.309. The van der Waals surface area contributed by atoms with Crippen molar-refractivity contribution in [2.75, 3.05) is 0 Å². The van der Waals surface area contributed by atoms with Gasteiger partial charge in [-0.3, -0.25) is 0 Å². The van der Waals surface area contributed by atoms with Crippen LogP contribution in [0.1, 0.15) is 52.4 Å². The van der Waals surface area contributed by atoms with E-state index >= 15 is 0 Å². The van der Waals surface area contributed by atoms with Gasteiger partial charge in [-0.1, -0.05) is 39.5 Å². The molecular formula is C10H19O2S-. The minimum Gasteiger partial charge on any atom is -0.549 e. The van der Waals surface area contributed by atoms with Crippen LogP contribution >= 0.6 is 12.6 Å². The van der Waals surface area contributed by atoms with Crippen LogP contribution in [0.5, 0.6) is 0 Å². The summed E-state index contributed by atoms with van der Waals surface area (Å²) in [5.74, 6) is -1.03. The van der Waals surface area contributed by atoms with Gasteiger partial charge >= 0.3 is 0 Å². The Kier molecular flexibility index (Phi) is 6.21. The number of carbonyl (C=O) groups is 1. The topological polar surface area (TPSA) is 40.1 Å². The van der Waals surface area contributed by atoms with Gasteiger partial charge in [0.1, 0.15) is 0 Å². The van der Waals surface area contributed by atoms with E-state index in [1.165, 1.54) is 6.42 Å². The van der Waals surface area contributed by atoms with Crippen LogP contribution in [0.15, 0.2) is 0 Å². The number of aliphatic carboxylic acids is 1. The van der Waals surface area contributed by atoms with E-state index < -0.39 is 10.7 Å². The molecule has 0 fully saturated rings. The molecule has 0 aromatic rings. The van der Waals surface area contributed by atoms with Crippen molar-refractivity contribution < 1.29 is 9.90 Å². The predicted octanol–water partition coefficient (Wildman–Crippen LogP) is 1.79.